The summed E-state index contributed by atoms with van der Waals surface area (Å²) in [6.45, 7) is 6.84. The van der Waals surface area contributed by atoms with Crippen molar-refractivity contribution in [2.75, 3.05) is 0 Å². The van der Waals surface area contributed by atoms with E-state index in [0.29, 0.717) is 5.92 Å². The van der Waals surface area contributed by atoms with Crippen LogP contribution in [0.4, 0.5) is 0 Å². The van der Waals surface area contributed by atoms with E-state index in [4.69, 9.17) is 0 Å². The van der Waals surface area contributed by atoms with E-state index in [1.807, 2.05) is 0 Å². The maximum atomic E-state index is 12.1. The Kier molecular flexibility index (Phi) is 32.1. The van der Waals surface area contributed by atoms with Crippen molar-refractivity contribution in [2.45, 2.75) is 213 Å². The second-order valence-electron chi connectivity index (χ2n) is 13.0. The Bertz CT molecular complexity index is 526. The number of carbonyl (C=O) groups is 1. The Balaban J connectivity index is 4.21. The van der Waals surface area contributed by atoms with Crippen LogP contribution in [0.25, 0.3) is 0 Å². The normalized spacial score (nSPS) is 13.3. The molecule has 0 aliphatic heterocycles. The molecule has 0 aliphatic carbocycles. The first-order valence-corrected chi connectivity index (χ1v) is 18.5. The van der Waals surface area contributed by atoms with E-state index < -0.39 is 5.97 Å². The average Bonchev–Trinajstić information content (AvgIpc) is 2.95. The minimum Gasteiger partial charge on any atom is -0.481 e. The molecule has 0 heterocycles. The van der Waals surface area contributed by atoms with Gasteiger partial charge in [-0.1, -0.05) is 187 Å². The monoisotopic (exact) mass is 563 g/mol. The Labute approximate surface area is 253 Å². The summed E-state index contributed by atoms with van der Waals surface area (Å²) in [6, 6.07) is 0. The molecule has 0 aromatic carbocycles. The van der Waals surface area contributed by atoms with Gasteiger partial charge in [0.2, 0.25) is 0 Å². The lowest BCUT2D eigenvalue weighted by Crippen LogP contribution is -2.18. The molecular weight excluding hydrogens is 488 g/mol. The molecule has 0 rings (SSSR count). The number of hydrogen-bond donors (Lipinski definition) is 1. The number of hydrogen-bond acceptors (Lipinski definition) is 1. The second kappa shape index (κ2) is 32.7. The van der Waals surface area contributed by atoms with Crippen LogP contribution in [0.3, 0.4) is 0 Å². The van der Waals surface area contributed by atoms with Crippen LogP contribution in [-0.2, 0) is 4.79 Å². The van der Waals surface area contributed by atoms with Gasteiger partial charge in [0.15, 0.2) is 0 Å². The van der Waals surface area contributed by atoms with Gasteiger partial charge in [0.1, 0.15) is 0 Å². The van der Waals surface area contributed by atoms with Gasteiger partial charge < -0.3 is 5.11 Å². The first kappa shape index (κ1) is 39.2. The van der Waals surface area contributed by atoms with Crippen LogP contribution < -0.4 is 0 Å². The molecule has 0 bridgehead atoms. The van der Waals surface area contributed by atoms with Crippen molar-refractivity contribution >= 4 is 5.97 Å². The summed E-state index contributed by atoms with van der Waals surface area (Å²) in [5, 5.41) is 10.00. The predicted octanol–water partition coefficient (Wildman–Crippen LogP) is 13.6. The zero-order valence-corrected chi connectivity index (χ0v) is 27.9. The Morgan fingerprint density at radius 1 is 0.475 bits per heavy atom. The highest BCUT2D eigenvalue weighted by molar-refractivity contribution is 5.69. The molecule has 0 radical (unpaired) electrons. The van der Waals surface area contributed by atoms with Crippen molar-refractivity contribution in [3.05, 3.63) is 12.2 Å². The maximum Gasteiger partial charge on any atom is 0.306 e. The number of unbranched alkanes of at least 4 members (excludes halogenated alkanes) is 22. The standard InChI is InChI=1S/C38H74O2/c1-4-7-10-13-16-18-19-20-21-22-23-25-28-31-34-37(38(39)40)35-36(32-29-26-15-12-9-6-3)33-30-27-24-17-14-11-8-5-2/h20-21,36-37H,4-19,22-35H2,1-3H3,(H,39,40). The van der Waals surface area contributed by atoms with Crippen LogP contribution in [0.5, 0.6) is 0 Å². The van der Waals surface area contributed by atoms with E-state index in [-0.39, 0.29) is 5.92 Å². The van der Waals surface area contributed by atoms with E-state index in [0.717, 1.165) is 19.3 Å². The molecule has 0 saturated carbocycles. The Morgan fingerprint density at radius 2 is 0.800 bits per heavy atom. The minimum absolute atomic E-state index is 0.128. The first-order valence-electron chi connectivity index (χ1n) is 18.5. The van der Waals surface area contributed by atoms with Gasteiger partial charge in [-0.05, 0) is 44.4 Å². The average molecular weight is 563 g/mol. The van der Waals surface area contributed by atoms with E-state index in [9.17, 15) is 9.90 Å². The van der Waals surface area contributed by atoms with Gasteiger partial charge >= 0.3 is 5.97 Å². The van der Waals surface area contributed by atoms with Crippen LogP contribution in [0, 0.1) is 11.8 Å². The van der Waals surface area contributed by atoms with E-state index >= 15 is 0 Å². The van der Waals surface area contributed by atoms with Gasteiger partial charge in [0, 0.05) is 0 Å². The number of aliphatic carboxylic acids is 1. The first-order chi connectivity index (χ1) is 19.7. The summed E-state index contributed by atoms with van der Waals surface area (Å²) in [7, 11) is 0. The fourth-order valence-corrected chi connectivity index (χ4v) is 6.19. The number of rotatable bonds is 33. The molecule has 1 N–H and O–H groups in total. The molecule has 0 saturated heterocycles. The third-order valence-corrected chi connectivity index (χ3v) is 8.96. The summed E-state index contributed by atoms with van der Waals surface area (Å²) >= 11 is 0. The lowest BCUT2D eigenvalue weighted by Gasteiger charge is -2.21. The zero-order valence-electron chi connectivity index (χ0n) is 27.9. The fraction of sp³-hybridized carbons (Fsp3) is 0.921. The number of carboxylic acid groups (broad SMARTS) is 1. The third kappa shape index (κ3) is 28.7. The van der Waals surface area contributed by atoms with Gasteiger partial charge in [-0.2, -0.15) is 0 Å². The smallest absolute Gasteiger partial charge is 0.306 e. The summed E-state index contributed by atoms with van der Waals surface area (Å²) in [4.78, 5) is 12.1. The molecule has 2 unspecified atom stereocenters. The van der Waals surface area contributed by atoms with E-state index in [1.165, 1.54) is 173 Å². The second-order valence-corrected chi connectivity index (χ2v) is 13.0. The van der Waals surface area contributed by atoms with E-state index in [2.05, 4.69) is 32.9 Å². The predicted molar refractivity (Wildman–Crippen MR) is 179 cm³/mol. The molecule has 2 heteroatoms. The maximum absolute atomic E-state index is 12.1. The molecule has 0 amide bonds. The van der Waals surface area contributed by atoms with Crippen LogP contribution in [0.1, 0.15) is 213 Å². The summed E-state index contributed by atoms with van der Waals surface area (Å²) < 4.78 is 0. The summed E-state index contributed by atoms with van der Waals surface area (Å²) in [5.41, 5.74) is 0. The van der Waals surface area contributed by atoms with Crippen LogP contribution >= 0.6 is 0 Å². The minimum atomic E-state index is -0.540. The van der Waals surface area contributed by atoms with Crippen LogP contribution in [-0.4, -0.2) is 11.1 Å². The van der Waals surface area contributed by atoms with Crippen molar-refractivity contribution in [2.24, 2.45) is 11.8 Å². The van der Waals surface area contributed by atoms with Crippen molar-refractivity contribution in [3.8, 4) is 0 Å². The number of allylic oxidation sites excluding steroid dienone is 2. The highest BCUT2D eigenvalue weighted by atomic mass is 16.4. The molecule has 0 aromatic rings. The third-order valence-electron chi connectivity index (χ3n) is 8.96. The largest absolute Gasteiger partial charge is 0.481 e. The topological polar surface area (TPSA) is 37.3 Å². The van der Waals surface area contributed by atoms with Crippen LogP contribution in [0.15, 0.2) is 12.2 Å². The molecule has 0 aromatic heterocycles. The molecular formula is C38H74O2. The van der Waals surface area contributed by atoms with Gasteiger partial charge in [-0.15, -0.1) is 0 Å². The van der Waals surface area contributed by atoms with Gasteiger partial charge in [0.25, 0.3) is 0 Å². The highest BCUT2D eigenvalue weighted by Gasteiger charge is 2.22. The molecule has 2 nitrogen and oxygen atoms in total. The zero-order chi connectivity index (χ0) is 29.4. The van der Waals surface area contributed by atoms with Gasteiger partial charge in [-0.3, -0.25) is 4.79 Å². The highest BCUT2D eigenvalue weighted by Crippen LogP contribution is 2.28. The van der Waals surface area contributed by atoms with Gasteiger partial charge in [0.05, 0.1) is 5.92 Å². The Hall–Kier alpha value is -0.790. The quantitative estimate of drug-likeness (QED) is 0.0638. The lowest BCUT2D eigenvalue weighted by atomic mass is 9.84. The summed E-state index contributed by atoms with van der Waals surface area (Å²) in [6.07, 6.45) is 43.4. The van der Waals surface area contributed by atoms with Crippen LogP contribution in [0.2, 0.25) is 0 Å². The number of carboxylic acids is 1. The van der Waals surface area contributed by atoms with Crippen molar-refractivity contribution in [3.63, 3.8) is 0 Å². The molecule has 238 valence electrons. The molecule has 0 fully saturated rings. The molecule has 2 atom stereocenters. The molecule has 0 spiro atoms. The summed E-state index contributed by atoms with van der Waals surface area (Å²) in [5.74, 6) is -0.0537. The van der Waals surface area contributed by atoms with Crippen molar-refractivity contribution in [1.29, 1.82) is 0 Å². The van der Waals surface area contributed by atoms with E-state index in [1.54, 1.807) is 0 Å². The molecule has 40 heavy (non-hydrogen) atoms. The lowest BCUT2D eigenvalue weighted by molar-refractivity contribution is -0.142. The fourth-order valence-electron chi connectivity index (χ4n) is 6.19. The Morgan fingerprint density at radius 3 is 1.18 bits per heavy atom. The van der Waals surface area contributed by atoms with Crippen molar-refractivity contribution in [1.82, 2.24) is 0 Å². The van der Waals surface area contributed by atoms with Crippen molar-refractivity contribution < 1.29 is 9.90 Å². The van der Waals surface area contributed by atoms with Gasteiger partial charge in [-0.25, -0.2) is 0 Å². The SMILES string of the molecule is CCCCCCCCC=CCCCCCCC(CC(CCCCCCCC)CCCCCCCCCC)C(=O)O. The molecule has 0 aliphatic rings.